The Hall–Kier alpha value is -0.270. The van der Waals surface area contributed by atoms with Crippen molar-refractivity contribution in [3.8, 4) is 5.75 Å². The summed E-state index contributed by atoms with van der Waals surface area (Å²) in [6.07, 6.45) is 0.481. The molecule has 3 rings (SSSR count). The zero-order valence-electron chi connectivity index (χ0n) is 18.0. The number of rotatable bonds is 7. The van der Waals surface area contributed by atoms with Gasteiger partial charge in [-0.05, 0) is 42.3 Å². The molecule has 36 heavy (non-hydrogen) atoms. The molecular weight excluding hydrogens is 747 g/mol. The molecule has 15 heteroatoms. The number of hydrogen-bond acceptors (Lipinski definition) is 5. The van der Waals surface area contributed by atoms with Crippen molar-refractivity contribution in [2.75, 3.05) is 13.7 Å². The molecule has 3 aromatic rings. The molecule has 0 aliphatic rings. The van der Waals surface area contributed by atoms with Crippen LogP contribution in [0, 0.1) is 0 Å². The average Bonchev–Trinajstić information content (AvgIpc) is 2.71. The Balaban J connectivity index is 0.000000297. The number of benzene rings is 3. The van der Waals surface area contributed by atoms with Gasteiger partial charge in [-0.2, -0.15) is 0 Å². The topological polar surface area (TPSA) is 89.5 Å². The third-order valence-corrected chi connectivity index (χ3v) is 9.83. The summed E-state index contributed by atoms with van der Waals surface area (Å²) in [5.74, 6) is 0.714. The Morgan fingerprint density at radius 2 is 1.25 bits per heavy atom. The second kappa shape index (κ2) is 13.7. The van der Waals surface area contributed by atoms with Crippen molar-refractivity contribution in [3.05, 3.63) is 83.1 Å². The quantitative estimate of drug-likeness (QED) is 0.247. The van der Waals surface area contributed by atoms with Crippen LogP contribution in [0.1, 0.15) is 5.56 Å². The first-order valence-corrected chi connectivity index (χ1v) is 16.4. The summed E-state index contributed by atoms with van der Waals surface area (Å²) in [6.45, 7) is 0.200. The van der Waals surface area contributed by atoms with Gasteiger partial charge in [0.1, 0.15) is 15.5 Å². The number of halogens is 7. The van der Waals surface area contributed by atoms with E-state index in [1.165, 1.54) is 24.3 Å². The van der Waals surface area contributed by atoms with E-state index in [2.05, 4.69) is 36.6 Å². The lowest BCUT2D eigenvalue weighted by Gasteiger charge is -2.12. The Labute approximate surface area is 250 Å². The minimum atomic E-state index is -3.89. The first-order chi connectivity index (χ1) is 16.7. The van der Waals surface area contributed by atoms with Crippen LogP contribution >= 0.6 is 88.9 Å². The number of para-hydroxylation sites is 1. The smallest absolute Gasteiger partial charge is 0.264 e. The Morgan fingerprint density at radius 3 is 1.69 bits per heavy atom. The van der Waals surface area contributed by atoms with Crippen LogP contribution in [-0.2, 0) is 25.5 Å². The fourth-order valence-electron chi connectivity index (χ4n) is 2.85. The minimum absolute atomic E-state index is 0.00521. The molecule has 0 spiro atoms. The maximum atomic E-state index is 12.4. The minimum Gasteiger partial charge on any atom is -0.496 e. The van der Waals surface area contributed by atoms with E-state index < -0.39 is 19.1 Å². The molecule has 0 unspecified atom stereocenters. The second-order valence-corrected chi connectivity index (χ2v) is 14.5. The maximum absolute atomic E-state index is 12.4. The summed E-state index contributed by atoms with van der Waals surface area (Å²) < 4.78 is 55.7. The molecule has 0 heterocycles. The van der Waals surface area contributed by atoms with Gasteiger partial charge in [-0.3, -0.25) is 0 Å². The molecule has 0 radical (unpaired) electrons. The molecule has 0 amide bonds. The van der Waals surface area contributed by atoms with Gasteiger partial charge < -0.3 is 4.74 Å². The number of ether oxygens (including phenoxy) is 1. The molecule has 0 saturated carbocycles. The van der Waals surface area contributed by atoms with Crippen molar-refractivity contribution >= 4 is 108 Å². The van der Waals surface area contributed by atoms with Crippen molar-refractivity contribution in [3.63, 3.8) is 0 Å². The Kier molecular flexibility index (Phi) is 12.1. The SMILES string of the molecule is COc1ccccc1CCNS(=O)(=O)c1c(Cl)cc(Br)cc1Cl.O=S(=O)(Cl)c1c(Cl)cc(Br)cc1Cl. The van der Waals surface area contributed by atoms with Crippen LogP contribution in [0.2, 0.25) is 20.1 Å². The van der Waals surface area contributed by atoms with Crippen LogP contribution in [0.15, 0.2) is 67.3 Å². The zero-order valence-corrected chi connectivity index (χ0v) is 26.6. The lowest BCUT2D eigenvalue weighted by atomic mass is 10.1. The zero-order chi connectivity index (χ0) is 27.3. The molecule has 0 fully saturated rings. The van der Waals surface area contributed by atoms with Crippen molar-refractivity contribution in [1.82, 2.24) is 4.72 Å². The molecule has 0 atom stereocenters. The number of sulfonamides is 1. The first-order valence-electron chi connectivity index (χ1n) is 9.52. The van der Waals surface area contributed by atoms with Gasteiger partial charge in [0.2, 0.25) is 10.0 Å². The van der Waals surface area contributed by atoms with Crippen LogP contribution in [-0.4, -0.2) is 30.5 Å². The van der Waals surface area contributed by atoms with Crippen LogP contribution in [0.4, 0.5) is 0 Å². The van der Waals surface area contributed by atoms with E-state index in [9.17, 15) is 16.8 Å². The molecule has 0 aliphatic carbocycles. The fourth-order valence-corrected chi connectivity index (χ4v) is 8.95. The fraction of sp³-hybridized carbons (Fsp3) is 0.143. The molecule has 196 valence electrons. The van der Waals surface area contributed by atoms with E-state index >= 15 is 0 Å². The summed E-state index contributed by atoms with van der Waals surface area (Å²) >= 11 is 29.6. The third kappa shape index (κ3) is 8.90. The highest BCUT2D eigenvalue weighted by atomic mass is 79.9. The lowest BCUT2D eigenvalue weighted by Crippen LogP contribution is -2.26. The van der Waals surface area contributed by atoms with Gasteiger partial charge in [0, 0.05) is 26.2 Å². The summed E-state index contributed by atoms with van der Waals surface area (Å²) in [7, 11) is -1.01. The lowest BCUT2D eigenvalue weighted by molar-refractivity contribution is 0.409. The van der Waals surface area contributed by atoms with Gasteiger partial charge in [-0.1, -0.05) is 96.5 Å². The van der Waals surface area contributed by atoms with Gasteiger partial charge in [-0.25, -0.2) is 21.6 Å². The molecule has 1 N–H and O–H groups in total. The number of nitrogens with one attached hydrogen (secondary N) is 1. The van der Waals surface area contributed by atoms with Crippen molar-refractivity contribution < 1.29 is 21.6 Å². The first kappa shape index (κ1) is 31.9. The largest absolute Gasteiger partial charge is 0.496 e. The Bertz CT molecular complexity index is 1430. The van der Waals surface area contributed by atoms with Gasteiger partial charge in [0.05, 0.1) is 27.2 Å². The molecule has 0 aromatic heterocycles. The Morgan fingerprint density at radius 1 is 0.806 bits per heavy atom. The van der Waals surface area contributed by atoms with Crippen LogP contribution in [0.3, 0.4) is 0 Å². The predicted octanol–water partition coefficient (Wildman–Crippen LogP) is 7.97. The highest BCUT2D eigenvalue weighted by molar-refractivity contribution is 9.10. The standard InChI is InChI=1S/C15H14BrCl2NO3S.C6H2BrCl3O2S/c1-22-14-5-3-2-4-10(14)6-7-19-23(20,21)15-12(17)8-11(16)9-13(15)18;7-3-1-4(8)6(5(9)2-3)13(10,11)12/h2-5,8-9,19H,6-7H2,1H3;1-2H. The van der Waals surface area contributed by atoms with Crippen LogP contribution in [0.25, 0.3) is 0 Å². The molecular formula is C21H16Br2Cl5NO5S2. The van der Waals surface area contributed by atoms with Gasteiger partial charge in [-0.15, -0.1) is 0 Å². The van der Waals surface area contributed by atoms with Crippen molar-refractivity contribution in [2.24, 2.45) is 0 Å². The number of hydrogen-bond donors (Lipinski definition) is 1. The summed E-state index contributed by atoms with van der Waals surface area (Å²) in [6, 6.07) is 13.2. The van der Waals surface area contributed by atoms with Crippen LogP contribution < -0.4 is 9.46 Å². The summed E-state index contributed by atoms with van der Waals surface area (Å²) in [5, 5.41) is 0.118. The average molecular weight is 764 g/mol. The van der Waals surface area contributed by atoms with E-state index in [0.717, 1.165) is 5.56 Å². The van der Waals surface area contributed by atoms with E-state index in [1.807, 2.05) is 24.3 Å². The van der Waals surface area contributed by atoms with Gasteiger partial charge in [0.25, 0.3) is 9.05 Å². The second-order valence-electron chi connectivity index (χ2n) is 6.79. The predicted molar refractivity (Wildman–Crippen MR) is 153 cm³/mol. The van der Waals surface area contributed by atoms with E-state index in [1.54, 1.807) is 7.11 Å². The van der Waals surface area contributed by atoms with Gasteiger partial charge >= 0.3 is 0 Å². The highest BCUT2D eigenvalue weighted by Gasteiger charge is 2.22. The molecule has 0 saturated heterocycles. The van der Waals surface area contributed by atoms with Crippen molar-refractivity contribution in [1.29, 1.82) is 0 Å². The summed E-state index contributed by atoms with van der Waals surface area (Å²) in [5.41, 5.74) is 0.908. The normalized spacial score (nSPS) is 11.6. The maximum Gasteiger partial charge on any atom is 0.264 e. The van der Waals surface area contributed by atoms with Crippen LogP contribution in [0.5, 0.6) is 5.75 Å². The molecule has 0 bridgehead atoms. The third-order valence-electron chi connectivity index (χ3n) is 4.32. The molecule has 3 aromatic carbocycles. The van der Waals surface area contributed by atoms with E-state index in [4.69, 9.17) is 61.8 Å². The highest BCUT2D eigenvalue weighted by Crippen LogP contribution is 2.35. The monoisotopic (exact) mass is 759 g/mol. The molecule has 6 nitrogen and oxygen atoms in total. The van der Waals surface area contributed by atoms with Crippen molar-refractivity contribution in [2.45, 2.75) is 16.2 Å². The number of methoxy groups -OCH3 is 1. The van der Waals surface area contributed by atoms with Gasteiger partial charge in [0.15, 0.2) is 0 Å². The van der Waals surface area contributed by atoms with E-state index in [-0.39, 0.29) is 36.4 Å². The molecule has 0 aliphatic heterocycles. The summed E-state index contributed by atoms with van der Waals surface area (Å²) in [4.78, 5) is -0.384. The van der Waals surface area contributed by atoms with E-state index in [0.29, 0.717) is 21.1 Å².